The normalized spacial score (nSPS) is 11.7. The van der Waals surface area contributed by atoms with Gasteiger partial charge in [-0.2, -0.15) is 0 Å². The molecule has 1 aromatic heterocycles. The van der Waals surface area contributed by atoms with Gasteiger partial charge in [0, 0.05) is 38.9 Å². The highest BCUT2D eigenvalue weighted by Gasteiger charge is 2.25. The number of hydrogen-bond acceptors (Lipinski definition) is 1. The first-order chi connectivity index (χ1) is 26.8. The summed E-state index contributed by atoms with van der Waals surface area (Å²) in [4.78, 5) is 2.30. The second-order valence-corrected chi connectivity index (χ2v) is 14.1. The van der Waals surface area contributed by atoms with E-state index in [-0.39, 0.29) is 0 Å². The van der Waals surface area contributed by atoms with Gasteiger partial charge in [0.15, 0.2) is 0 Å². The standard InChI is InChI=1S/C52H34N2/c1-4-13-37(14-5-1)42-31-32-47-44-20-11-10-19-43(44)45-21-12-22-48-51(45)52-49(34-33-46(42)50(47)52)54(48)41-29-25-36(26-30-41)35-23-27-40(28-24-35)53(38-15-6-2-7-16-38)39-17-8-3-9-18-39/h1-34H. The third kappa shape index (κ3) is 4.67. The summed E-state index contributed by atoms with van der Waals surface area (Å²) < 4.78 is 2.46. The summed E-state index contributed by atoms with van der Waals surface area (Å²) in [5.41, 5.74) is 17.0. The third-order valence-electron chi connectivity index (χ3n) is 11.1. The van der Waals surface area contributed by atoms with Crippen LogP contribution < -0.4 is 4.90 Å². The van der Waals surface area contributed by atoms with Crippen molar-refractivity contribution in [3.05, 3.63) is 206 Å². The maximum Gasteiger partial charge on any atom is 0.0548 e. The van der Waals surface area contributed by atoms with E-state index in [0.717, 1.165) is 22.7 Å². The largest absolute Gasteiger partial charge is 0.311 e. The Balaban J connectivity index is 1.05. The van der Waals surface area contributed by atoms with Crippen LogP contribution in [-0.4, -0.2) is 4.57 Å². The van der Waals surface area contributed by atoms with Crippen LogP contribution in [-0.2, 0) is 0 Å². The molecule has 9 aromatic carbocycles. The summed E-state index contributed by atoms with van der Waals surface area (Å²) in [6, 6.07) is 75.0. The first-order valence-corrected chi connectivity index (χ1v) is 18.6. The minimum absolute atomic E-state index is 1.12. The van der Waals surface area contributed by atoms with Gasteiger partial charge in [-0.05, 0) is 111 Å². The maximum absolute atomic E-state index is 2.46. The van der Waals surface area contributed by atoms with Crippen LogP contribution in [0, 0.1) is 0 Å². The van der Waals surface area contributed by atoms with E-state index in [2.05, 4.69) is 216 Å². The maximum atomic E-state index is 2.46. The quantitative estimate of drug-likeness (QED) is 0.169. The molecule has 0 bridgehead atoms. The van der Waals surface area contributed by atoms with Crippen LogP contribution in [0.3, 0.4) is 0 Å². The average Bonchev–Trinajstić information content (AvgIpc) is 3.53. The van der Waals surface area contributed by atoms with Gasteiger partial charge in [0.2, 0.25) is 0 Å². The van der Waals surface area contributed by atoms with E-state index < -0.39 is 0 Å². The zero-order chi connectivity index (χ0) is 35.6. The molecule has 10 aromatic rings. The fourth-order valence-corrected chi connectivity index (χ4v) is 8.75. The first-order valence-electron chi connectivity index (χ1n) is 18.6. The lowest BCUT2D eigenvalue weighted by Gasteiger charge is -2.25. The van der Waals surface area contributed by atoms with Gasteiger partial charge in [0.25, 0.3) is 0 Å². The van der Waals surface area contributed by atoms with Crippen LogP contribution in [0.2, 0.25) is 0 Å². The number of nitrogens with zero attached hydrogens (tertiary/aromatic N) is 2. The fraction of sp³-hybridized carbons (Fsp3) is 0. The predicted octanol–water partition coefficient (Wildman–Crippen LogP) is 14.4. The minimum Gasteiger partial charge on any atom is -0.311 e. The number of rotatable bonds is 6. The van der Waals surface area contributed by atoms with E-state index in [1.165, 1.54) is 77.1 Å². The highest BCUT2D eigenvalue weighted by molar-refractivity contribution is 6.31. The summed E-state index contributed by atoms with van der Waals surface area (Å²) in [6.45, 7) is 0. The molecule has 252 valence electrons. The molecule has 0 amide bonds. The first kappa shape index (κ1) is 30.5. The summed E-state index contributed by atoms with van der Waals surface area (Å²) in [7, 11) is 0. The molecule has 1 aliphatic rings. The molecule has 1 heterocycles. The molecule has 0 unspecified atom stereocenters. The molecule has 2 heteroatoms. The van der Waals surface area contributed by atoms with E-state index in [0.29, 0.717) is 0 Å². The van der Waals surface area contributed by atoms with Crippen molar-refractivity contribution in [1.82, 2.24) is 4.57 Å². The van der Waals surface area contributed by atoms with Crippen molar-refractivity contribution in [1.29, 1.82) is 0 Å². The number of fused-ring (bicyclic) bond motifs is 3. The lowest BCUT2D eigenvalue weighted by molar-refractivity contribution is 1.18. The minimum atomic E-state index is 1.12. The van der Waals surface area contributed by atoms with Crippen molar-refractivity contribution in [2.24, 2.45) is 0 Å². The highest BCUT2D eigenvalue weighted by Crippen LogP contribution is 2.51. The average molecular weight is 687 g/mol. The summed E-state index contributed by atoms with van der Waals surface area (Å²) in [5.74, 6) is 0. The van der Waals surface area contributed by atoms with E-state index in [4.69, 9.17) is 0 Å². The SMILES string of the molecule is c1ccc(-c2ccc3c4c2ccc2c4c4c(cccc4n2-c2ccc(-c4ccc(N(c5ccccc5)c5ccccc5)cc4)cc2)-c2ccccc2-3)cc1. The lowest BCUT2D eigenvalue weighted by Crippen LogP contribution is -2.09. The van der Waals surface area contributed by atoms with Gasteiger partial charge in [-0.1, -0.05) is 146 Å². The van der Waals surface area contributed by atoms with Crippen LogP contribution in [0.4, 0.5) is 17.1 Å². The molecule has 0 aliphatic heterocycles. The molecule has 0 saturated carbocycles. The van der Waals surface area contributed by atoms with Crippen LogP contribution in [0.1, 0.15) is 0 Å². The number of para-hydroxylation sites is 2. The summed E-state index contributed by atoms with van der Waals surface area (Å²) >= 11 is 0. The Labute approximate surface area is 314 Å². The Kier molecular flexibility index (Phi) is 6.90. The number of anilines is 3. The van der Waals surface area contributed by atoms with Gasteiger partial charge in [0.05, 0.1) is 11.0 Å². The monoisotopic (exact) mass is 686 g/mol. The Morgan fingerprint density at radius 3 is 1.43 bits per heavy atom. The van der Waals surface area contributed by atoms with Crippen LogP contribution in [0.15, 0.2) is 206 Å². The molecule has 0 fully saturated rings. The van der Waals surface area contributed by atoms with Crippen molar-refractivity contribution < 1.29 is 0 Å². The van der Waals surface area contributed by atoms with Gasteiger partial charge in [-0.15, -0.1) is 0 Å². The van der Waals surface area contributed by atoms with Crippen LogP contribution >= 0.6 is 0 Å². The Morgan fingerprint density at radius 2 is 0.778 bits per heavy atom. The molecule has 0 spiro atoms. The molecule has 11 rings (SSSR count). The van der Waals surface area contributed by atoms with Crippen LogP contribution in [0.25, 0.3) is 82.8 Å². The molecular formula is C52H34N2. The van der Waals surface area contributed by atoms with Gasteiger partial charge >= 0.3 is 0 Å². The molecule has 0 radical (unpaired) electrons. The molecule has 0 saturated heterocycles. The zero-order valence-electron chi connectivity index (χ0n) is 29.5. The molecule has 54 heavy (non-hydrogen) atoms. The van der Waals surface area contributed by atoms with Crippen molar-refractivity contribution in [3.8, 4) is 50.2 Å². The van der Waals surface area contributed by atoms with Gasteiger partial charge in [0.1, 0.15) is 0 Å². The van der Waals surface area contributed by atoms with Gasteiger partial charge in [-0.25, -0.2) is 0 Å². The van der Waals surface area contributed by atoms with E-state index in [1.54, 1.807) is 0 Å². The lowest BCUT2D eigenvalue weighted by atomic mass is 9.90. The van der Waals surface area contributed by atoms with E-state index in [1.807, 2.05) is 0 Å². The summed E-state index contributed by atoms with van der Waals surface area (Å²) in [5, 5.41) is 5.25. The third-order valence-corrected chi connectivity index (χ3v) is 11.1. The van der Waals surface area contributed by atoms with Crippen molar-refractivity contribution >= 4 is 49.6 Å². The Hall–Kier alpha value is -7.16. The topological polar surface area (TPSA) is 8.17 Å². The van der Waals surface area contributed by atoms with Crippen molar-refractivity contribution in [2.75, 3.05) is 4.90 Å². The van der Waals surface area contributed by atoms with E-state index >= 15 is 0 Å². The number of benzene rings is 9. The van der Waals surface area contributed by atoms with Gasteiger partial charge < -0.3 is 9.47 Å². The van der Waals surface area contributed by atoms with Gasteiger partial charge in [-0.3, -0.25) is 0 Å². The molecule has 1 aliphatic carbocycles. The smallest absolute Gasteiger partial charge is 0.0548 e. The van der Waals surface area contributed by atoms with Crippen molar-refractivity contribution in [3.63, 3.8) is 0 Å². The molecule has 0 atom stereocenters. The molecular weight excluding hydrogens is 653 g/mol. The second-order valence-electron chi connectivity index (χ2n) is 14.1. The number of aromatic nitrogens is 1. The summed E-state index contributed by atoms with van der Waals surface area (Å²) in [6.07, 6.45) is 0. The second kappa shape index (κ2) is 12.2. The Morgan fingerprint density at radius 1 is 0.278 bits per heavy atom. The van der Waals surface area contributed by atoms with E-state index in [9.17, 15) is 0 Å². The molecule has 2 nitrogen and oxygen atoms in total. The predicted molar refractivity (Wildman–Crippen MR) is 228 cm³/mol. The van der Waals surface area contributed by atoms with Crippen molar-refractivity contribution in [2.45, 2.75) is 0 Å². The molecule has 0 N–H and O–H groups in total. The highest BCUT2D eigenvalue weighted by atomic mass is 15.1. The fourth-order valence-electron chi connectivity index (χ4n) is 8.75. The van der Waals surface area contributed by atoms with Crippen LogP contribution in [0.5, 0.6) is 0 Å². The number of hydrogen-bond donors (Lipinski definition) is 0. The zero-order valence-corrected chi connectivity index (χ0v) is 29.5. The Bertz CT molecular complexity index is 2960.